The van der Waals surface area contributed by atoms with Crippen LogP contribution in [0.15, 0.2) is 0 Å². The average Bonchev–Trinajstić information content (AvgIpc) is 2.46. The van der Waals surface area contributed by atoms with Crippen molar-refractivity contribution >= 4 is 33.5 Å². The minimum absolute atomic E-state index is 0.230. The maximum absolute atomic E-state index is 11.5. The van der Waals surface area contributed by atoms with Crippen molar-refractivity contribution < 1.29 is 19.1 Å². The van der Waals surface area contributed by atoms with Crippen molar-refractivity contribution in [3.8, 4) is 0 Å². The summed E-state index contributed by atoms with van der Waals surface area (Å²) in [5.74, 6) is 1.77. The number of hydrogen-bond acceptors (Lipinski definition) is 6. The highest BCUT2D eigenvalue weighted by atomic mass is 33.1. The van der Waals surface area contributed by atoms with Crippen LogP contribution < -0.4 is 0 Å². The predicted molar refractivity (Wildman–Crippen MR) is 94.8 cm³/mol. The molecule has 0 amide bonds. The van der Waals surface area contributed by atoms with Crippen molar-refractivity contribution in [1.82, 2.24) is 0 Å². The van der Waals surface area contributed by atoms with Gasteiger partial charge in [0.25, 0.3) is 0 Å². The molecule has 0 aliphatic heterocycles. The van der Waals surface area contributed by atoms with Crippen LogP contribution in [-0.4, -0.2) is 36.7 Å². The Morgan fingerprint density at radius 2 is 1.05 bits per heavy atom. The molecule has 0 rings (SSSR count). The molecule has 0 spiro atoms. The van der Waals surface area contributed by atoms with Gasteiger partial charge in [0.2, 0.25) is 0 Å². The Bertz CT molecular complexity index is 300. The van der Waals surface area contributed by atoms with Crippen LogP contribution >= 0.6 is 21.6 Å². The molecule has 0 saturated carbocycles. The molecule has 130 valence electrons. The van der Waals surface area contributed by atoms with Gasteiger partial charge in [-0.1, -0.05) is 63.1 Å². The standard InChI is InChI=1S/C16H30O4S2/c1-11(2)13(5)7-19-15(17)9-21-22-10-16(18)20-8-14(6)12(3)4/h11-14H,7-10H2,1-6H3. The second-order valence-corrected chi connectivity index (χ2v) is 8.80. The van der Waals surface area contributed by atoms with Gasteiger partial charge >= 0.3 is 11.9 Å². The summed E-state index contributed by atoms with van der Waals surface area (Å²) in [5, 5.41) is 0. The number of hydrogen-bond donors (Lipinski definition) is 0. The van der Waals surface area contributed by atoms with Gasteiger partial charge in [0.15, 0.2) is 0 Å². The summed E-state index contributed by atoms with van der Waals surface area (Å²) in [6.45, 7) is 13.5. The number of esters is 2. The molecule has 2 atom stereocenters. The minimum Gasteiger partial charge on any atom is -0.465 e. The third-order valence-electron chi connectivity index (χ3n) is 3.73. The van der Waals surface area contributed by atoms with Crippen molar-refractivity contribution in [2.24, 2.45) is 23.7 Å². The summed E-state index contributed by atoms with van der Waals surface area (Å²) < 4.78 is 10.4. The quantitative estimate of drug-likeness (QED) is 0.318. The zero-order chi connectivity index (χ0) is 17.1. The molecule has 0 aliphatic rings. The van der Waals surface area contributed by atoms with E-state index >= 15 is 0 Å². The van der Waals surface area contributed by atoms with E-state index in [9.17, 15) is 9.59 Å². The van der Waals surface area contributed by atoms with Crippen LogP contribution in [0.4, 0.5) is 0 Å². The van der Waals surface area contributed by atoms with Gasteiger partial charge in [-0.2, -0.15) is 0 Å². The Morgan fingerprint density at radius 3 is 1.32 bits per heavy atom. The second-order valence-electron chi connectivity index (χ2n) is 6.33. The normalized spacial score (nSPS) is 14.0. The molecule has 0 N–H and O–H groups in total. The molecule has 0 bridgehead atoms. The van der Waals surface area contributed by atoms with E-state index in [2.05, 4.69) is 41.5 Å². The first-order chi connectivity index (χ1) is 10.2. The lowest BCUT2D eigenvalue weighted by Crippen LogP contribution is -2.17. The zero-order valence-corrected chi connectivity index (χ0v) is 16.2. The highest BCUT2D eigenvalue weighted by molar-refractivity contribution is 8.77. The zero-order valence-electron chi connectivity index (χ0n) is 14.6. The molecule has 0 heterocycles. The van der Waals surface area contributed by atoms with Gasteiger partial charge < -0.3 is 9.47 Å². The van der Waals surface area contributed by atoms with Crippen molar-refractivity contribution in [2.75, 3.05) is 24.7 Å². The molecule has 22 heavy (non-hydrogen) atoms. The van der Waals surface area contributed by atoms with Crippen molar-refractivity contribution in [1.29, 1.82) is 0 Å². The minimum atomic E-state index is -0.230. The molecule has 0 aromatic rings. The third-order valence-corrected chi connectivity index (χ3v) is 5.81. The third kappa shape index (κ3) is 11.2. The SMILES string of the molecule is CC(C)C(C)COC(=O)CSSCC(=O)OCC(C)C(C)C. The van der Waals surface area contributed by atoms with Crippen molar-refractivity contribution in [2.45, 2.75) is 41.5 Å². The fourth-order valence-corrected chi connectivity index (χ4v) is 2.70. The van der Waals surface area contributed by atoms with E-state index in [1.165, 1.54) is 21.6 Å². The molecule has 0 fully saturated rings. The van der Waals surface area contributed by atoms with Crippen LogP contribution in [0.1, 0.15) is 41.5 Å². The Kier molecular flexibility index (Phi) is 11.9. The van der Waals surface area contributed by atoms with Gasteiger partial charge in [-0.3, -0.25) is 9.59 Å². The Morgan fingerprint density at radius 1 is 0.727 bits per heavy atom. The molecule has 6 heteroatoms. The van der Waals surface area contributed by atoms with Crippen LogP contribution in [0.3, 0.4) is 0 Å². The lowest BCUT2D eigenvalue weighted by Gasteiger charge is -2.15. The second kappa shape index (κ2) is 12.1. The summed E-state index contributed by atoms with van der Waals surface area (Å²) in [4.78, 5) is 23.1. The number of carbonyl (C=O) groups is 2. The first-order valence-corrected chi connectivity index (χ1v) is 10.3. The van der Waals surface area contributed by atoms with Crippen LogP contribution in [-0.2, 0) is 19.1 Å². The fourth-order valence-electron chi connectivity index (χ4n) is 1.10. The van der Waals surface area contributed by atoms with E-state index in [0.717, 1.165) is 0 Å². The maximum Gasteiger partial charge on any atom is 0.316 e. The average molecular weight is 351 g/mol. The largest absolute Gasteiger partial charge is 0.465 e. The van der Waals surface area contributed by atoms with Crippen molar-refractivity contribution in [3.05, 3.63) is 0 Å². The first-order valence-electron chi connectivity index (χ1n) is 7.79. The smallest absolute Gasteiger partial charge is 0.316 e. The van der Waals surface area contributed by atoms with Crippen LogP contribution in [0.25, 0.3) is 0 Å². The highest BCUT2D eigenvalue weighted by Gasteiger charge is 2.13. The molecule has 0 radical (unpaired) electrons. The van der Waals surface area contributed by atoms with E-state index in [4.69, 9.17) is 9.47 Å². The van der Waals surface area contributed by atoms with E-state index in [-0.39, 0.29) is 23.4 Å². The highest BCUT2D eigenvalue weighted by Crippen LogP contribution is 2.22. The van der Waals surface area contributed by atoms with Gasteiger partial charge in [-0.15, -0.1) is 0 Å². The molecule has 4 nitrogen and oxygen atoms in total. The first kappa shape index (κ1) is 21.6. The van der Waals surface area contributed by atoms with E-state index in [1.54, 1.807) is 0 Å². The predicted octanol–water partition coefficient (Wildman–Crippen LogP) is 4.04. The topological polar surface area (TPSA) is 52.6 Å². The van der Waals surface area contributed by atoms with Crippen LogP contribution in [0.5, 0.6) is 0 Å². The van der Waals surface area contributed by atoms with Crippen LogP contribution in [0, 0.1) is 23.7 Å². The fraction of sp³-hybridized carbons (Fsp3) is 0.875. The summed E-state index contributed by atoms with van der Waals surface area (Å²) >= 11 is 0. The molecule has 0 aromatic heterocycles. The number of rotatable bonds is 11. The summed E-state index contributed by atoms with van der Waals surface area (Å²) in [7, 11) is 2.66. The lowest BCUT2D eigenvalue weighted by molar-refractivity contribution is -0.143. The van der Waals surface area contributed by atoms with E-state index < -0.39 is 0 Å². The Balaban J connectivity index is 3.63. The van der Waals surface area contributed by atoms with E-state index in [0.29, 0.717) is 36.9 Å². The van der Waals surface area contributed by atoms with Gasteiger partial charge in [0.05, 0.1) is 13.2 Å². The van der Waals surface area contributed by atoms with Crippen molar-refractivity contribution in [3.63, 3.8) is 0 Å². The van der Waals surface area contributed by atoms with E-state index in [1.807, 2.05) is 0 Å². The Hall–Kier alpha value is -0.360. The summed E-state index contributed by atoms with van der Waals surface area (Å²) in [6, 6.07) is 0. The molecular formula is C16H30O4S2. The molecule has 0 aromatic carbocycles. The maximum atomic E-state index is 11.5. The van der Waals surface area contributed by atoms with Crippen LogP contribution in [0.2, 0.25) is 0 Å². The molecule has 0 aliphatic carbocycles. The Labute approximate surface area is 142 Å². The number of carbonyl (C=O) groups excluding carboxylic acids is 2. The molecule has 2 unspecified atom stereocenters. The number of ether oxygens (including phenoxy) is 2. The van der Waals surface area contributed by atoms with Gasteiger partial charge in [-0.25, -0.2) is 0 Å². The van der Waals surface area contributed by atoms with Gasteiger partial charge in [0.1, 0.15) is 11.5 Å². The van der Waals surface area contributed by atoms with Gasteiger partial charge in [-0.05, 0) is 23.7 Å². The molecular weight excluding hydrogens is 320 g/mol. The molecule has 0 saturated heterocycles. The lowest BCUT2D eigenvalue weighted by atomic mass is 9.99. The monoisotopic (exact) mass is 350 g/mol. The summed E-state index contributed by atoms with van der Waals surface area (Å²) in [5.41, 5.74) is 0. The van der Waals surface area contributed by atoms with Gasteiger partial charge in [0, 0.05) is 0 Å². The summed E-state index contributed by atoms with van der Waals surface area (Å²) in [6.07, 6.45) is 0.